The molecular formula is C37H42ClN3O5S. The van der Waals surface area contributed by atoms with Crippen molar-refractivity contribution in [2.24, 2.45) is 0 Å². The van der Waals surface area contributed by atoms with Gasteiger partial charge in [0.2, 0.25) is 11.8 Å². The maximum Gasteiger partial charge on any atom is 0.264 e. The van der Waals surface area contributed by atoms with Gasteiger partial charge in [-0.3, -0.25) is 13.9 Å². The second-order valence-corrected chi connectivity index (χ2v) is 13.6. The van der Waals surface area contributed by atoms with Crippen LogP contribution in [0.2, 0.25) is 5.02 Å². The van der Waals surface area contributed by atoms with Gasteiger partial charge in [0, 0.05) is 24.0 Å². The molecule has 0 heterocycles. The largest absolute Gasteiger partial charge is 0.492 e. The number of nitrogens with zero attached hydrogens (tertiary/aromatic N) is 2. The highest BCUT2D eigenvalue weighted by molar-refractivity contribution is 7.92. The number of para-hydroxylation sites is 2. The topological polar surface area (TPSA) is 96.0 Å². The quantitative estimate of drug-likeness (QED) is 0.150. The van der Waals surface area contributed by atoms with Crippen LogP contribution in [0.25, 0.3) is 0 Å². The van der Waals surface area contributed by atoms with Crippen LogP contribution in [0.15, 0.2) is 108 Å². The summed E-state index contributed by atoms with van der Waals surface area (Å²) in [5.74, 6) is -0.551. The maximum atomic E-state index is 14.7. The summed E-state index contributed by atoms with van der Waals surface area (Å²) in [6, 6.07) is 28.6. The van der Waals surface area contributed by atoms with Crippen molar-refractivity contribution in [2.75, 3.05) is 17.5 Å². The third kappa shape index (κ3) is 9.14. The first-order valence-corrected chi connectivity index (χ1v) is 17.5. The Bertz CT molecular complexity index is 1750. The number of halogens is 1. The van der Waals surface area contributed by atoms with E-state index in [1.807, 2.05) is 75.4 Å². The van der Waals surface area contributed by atoms with Crippen molar-refractivity contribution in [2.45, 2.75) is 64.1 Å². The molecule has 2 atom stereocenters. The van der Waals surface area contributed by atoms with E-state index >= 15 is 0 Å². The number of hydrogen-bond acceptors (Lipinski definition) is 5. The molecule has 4 aromatic rings. The number of sulfonamides is 1. The number of carbonyl (C=O) groups excluding carboxylic acids is 2. The van der Waals surface area contributed by atoms with Crippen LogP contribution in [0, 0.1) is 6.92 Å². The van der Waals surface area contributed by atoms with Crippen LogP contribution in [0.3, 0.4) is 0 Å². The summed E-state index contributed by atoms with van der Waals surface area (Å²) in [6.07, 6.45) is 0.942. The molecule has 2 amide bonds. The summed E-state index contributed by atoms with van der Waals surface area (Å²) in [5.41, 5.74) is 2.86. The fourth-order valence-corrected chi connectivity index (χ4v) is 6.70. The zero-order valence-electron chi connectivity index (χ0n) is 27.2. The van der Waals surface area contributed by atoms with E-state index in [1.54, 1.807) is 31.2 Å². The van der Waals surface area contributed by atoms with Crippen LogP contribution in [0.4, 0.5) is 5.69 Å². The number of nitrogens with one attached hydrogen (secondary N) is 1. The summed E-state index contributed by atoms with van der Waals surface area (Å²) < 4.78 is 35.5. The molecule has 47 heavy (non-hydrogen) atoms. The molecule has 0 saturated heterocycles. The summed E-state index contributed by atoms with van der Waals surface area (Å²) in [6.45, 7) is 7.43. The van der Waals surface area contributed by atoms with Crippen LogP contribution in [0.1, 0.15) is 43.9 Å². The lowest BCUT2D eigenvalue weighted by molar-refractivity contribution is -0.140. The third-order valence-corrected chi connectivity index (χ3v) is 10.0. The molecule has 0 aliphatic rings. The number of hydrogen-bond donors (Lipinski definition) is 1. The van der Waals surface area contributed by atoms with Crippen LogP contribution in [-0.2, 0) is 32.6 Å². The molecule has 0 radical (unpaired) electrons. The third-order valence-electron chi connectivity index (χ3n) is 7.99. The highest BCUT2D eigenvalue weighted by Crippen LogP contribution is 2.33. The van der Waals surface area contributed by atoms with Crippen molar-refractivity contribution in [1.29, 1.82) is 0 Å². The standard InChI is InChI=1S/C37H42ClN3O5S/c1-5-28(4)39-37(43)34(24-29-15-8-7-9-16-29)40(25-30-17-11-10-14-27(30)3)36(42)26-41(33-18-12-13-19-35(33)46-6-2)47(44,45)32-22-20-31(38)21-23-32/h7-23,28,34H,5-6,24-26H2,1-4H3,(H,39,43). The minimum Gasteiger partial charge on any atom is -0.492 e. The predicted molar refractivity (Wildman–Crippen MR) is 187 cm³/mol. The fourth-order valence-electron chi connectivity index (χ4n) is 5.15. The van der Waals surface area contributed by atoms with Crippen LogP contribution < -0.4 is 14.4 Å². The molecule has 1 N–H and O–H groups in total. The van der Waals surface area contributed by atoms with E-state index in [-0.39, 0.29) is 42.1 Å². The van der Waals surface area contributed by atoms with Crippen molar-refractivity contribution in [3.8, 4) is 5.75 Å². The van der Waals surface area contributed by atoms with Crippen molar-refractivity contribution in [3.63, 3.8) is 0 Å². The predicted octanol–water partition coefficient (Wildman–Crippen LogP) is 6.80. The first kappa shape index (κ1) is 35.5. The van der Waals surface area contributed by atoms with E-state index in [0.717, 1.165) is 21.0 Å². The summed E-state index contributed by atoms with van der Waals surface area (Å²) in [4.78, 5) is 30.2. The summed E-state index contributed by atoms with van der Waals surface area (Å²) in [5, 5.41) is 3.44. The Kier molecular flexibility index (Phi) is 12.4. The van der Waals surface area contributed by atoms with E-state index in [2.05, 4.69) is 5.32 Å². The Morgan fingerprint density at radius 3 is 2.17 bits per heavy atom. The maximum absolute atomic E-state index is 14.7. The lowest BCUT2D eigenvalue weighted by atomic mass is 10.0. The molecule has 248 valence electrons. The Labute approximate surface area is 283 Å². The Hall–Kier alpha value is -4.34. The Morgan fingerprint density at radius 2 is 1.51 bits per heavy atom. The van der Waals surface area contributed by atoms with E-state index < -0.39 is 28.5 Å². The van der Waals surface area contributed by atoms with Crippen molar-refractivity contribution in [3.05, 3.63) is 125 Å². The molecule has 0 aliphatic carbocycles. The molecule has 0 bridgehead atoms. The van der Waals surface area contributed by atoms with Crippen LogP contribution in [-0.4, -0.2) is 50.4 Å². The molecule has 0 saturated carbocycles. The fraction of sp³-hybridized carbons (Fsp3) is 0.297. The average Bonchev–Trinajstić information content (AvgIpc) is 3.07. The van der Waals surface area contributed by atoms with Crippen molar-refractivity contribution >= 4 is 39.1 Å². The number of benzene rings is 4. The minimum absolute atomic E-state index is 0.0400. The van der Waals surface area contributed by atoms with Gasteiger partial charge in [-0.15, -0.1) is 0 Å². The Balaban J connectivity index is 1.85. The molecule has 8 nitrogen and oxygen atoms in total. The normalized spacial score (nSPS) is 12.5. The van der Waals surface area contributed by atoms with Gasteiger partial charge in [0.15, 0.2) is 0 Å². The van der Waals surface area contributed by atoms with Gasteiger partial charge in [-0.05, 0) is 80.3 Å². The lowest BCUT2D eigenvalue weighted by Gasteiger charge is -2.35. The number of rotatable bonds is 15. The molecule has 4 aromatic carbocycles. The second-order valence-electron chi connectivity index (χ2n) is 11.3. The Morgan fingerprint density at radius 1 is 0.872 bits per heavy atom. The van der Waals surface area contributed by atoms with E-state index in [0.29, 0.717) is 17.2 Å². The molecule has 0 spiro atoms. The molecule has 0 fully saturated rings. The van der Waals surface area contributed by atoms with E-state index in [4.69, 9.17) is 16.3 Å². The van der Waals surface area contributed by atoms with Gasteiger partial charge in [-0.2, -0.15) is 0 Å². The number of amides is 2. The van der Waals surface area contributed by atoms with Crippen molar-refractivity contribution in [1.82, 2.24) is 10.2 Å². The number of ether oxygens (including phenoxy) is 1. The molecule has 4 rings (SSSR count). The first-order valence-electron chi connectivity index (χ1n) is 15.7. The monoisotopic (exact) mass is 675 g/mol. The number of anilines is 1. The van der Waals surface area contributed by atoms with Gasteiger partial charge in [0.05, 0.1) is 17.2 Å². The highest BCUT2D eigenvalue weighted by atomic mass is 35.5. The first-order chi connectivity index (χ1) is 22.5. The van der Waals surface area contributed by atoms with Gasteiger partial charge in [-0.1, -0.05) is 85.3 Å². The van der Waals surface area contributed by atoms with Gasteiger partial charge in [0.1, 0.15) is 18.3 Å². The highest BCUT2D eigenvalue weighted by Gasteiger charge is 2.36. The van der Waals surface area contributed by atoms with Gasteiger partial charge >= 0.3 is 0 Å². The molecule has 10 heteroatoms. The number of aryl methyl sites for hydroxylation is 1. The summed E-state index contributed by atoms with van der Waals surface area (Å²) >= 11 is 6.09. The van der Waals surface area contributed by atoms with E-state index in [1.165, 1.54) is 29.2 Å². The number of carbonyl (C=O) groups is 2. The smallest absolute Gasteiger partial charge is 0.264 e. The van der Waals surface area contributed by atoms with Crippen LogP contribution in [0.5, 0.6) is 5.75 Å². The minimum atomic E-state index is -4.30. The zero-order valence-corrected chi connectivity index (χ0v) is 28.8. The SMILES string of the molecule is CCOc1ccccc1N(CC(=O)N(Cc1ccccc1C)C(Cc1ccccc1)C(=O)NC(C)CC)S(=O)(=O)c1ccc(Cl)cc1. The van der Waals surface area contributed by atoms with Crippen LogP contribution >= 0.6 is 11.6 Å². The molecule has 2 unspecified atom stereocenters. The van der Waals surface area contributed by atoms with E-state index in [9.17, 15) is 18.0 Å². The second kappa shape index (κ2) is 16.5. The molecule has 0 aliphatic heterocycles. The molecular weight excluding hydrogens is 634 g/mol. The van der Waals surface area contributed by atoms with Crippen molar-refractivity contribution < 1.29 is 22.7 Å². The van der Waals surface area contributed by atoms with Gasteiger partial charge in [-0.25, -0.2) is 8.42 Å². The van der Waals surface area contributed by atoms with Gasteiger partial charge in [0.25, 0.3) is 10.0 Å². The summed E-state index contributed by atoms with van der Waals surface area (Å²) in [7, 11) is -4.30. The zero-order chi connectivity index (χ0) is 34.0. The average molecular weight is 676 g/mol. The lowest BCUT2D eigenvalue weighted by Crippen LogP contribution is -2.54. The molecule has 0 aromatic heterocycles. The van der Waals surface area contributed by atoms with Gasteiger partial charge < -0.3 is 15.0 Å².